The summed E-state index contributed by atoms with van der Waals surface area (Å²) in [7, 11) is -2.30. The van der Waals surface area contributed by atoms with Crippen molar-refractivity contribution in [3.63, 3.8) is 0 Å². The van der Waals surface area contributed by atoms with Gasteiger partial charge in [-0.1, -0.05) is 20.8 Å². The van der Waals surface area contributed by atoms with Gasteiger partial charge in [0.1, 0.15) is 10.6 Å². The van der Waals surface area contributed by atoms with Crippen molar-refractivity contribution in [2.75, 3.05) is 12.4 Å². The smallest absolute Gasteiger partial charge is 0.244 e. The molecule has 0 bridgehead atoms. The van der Waals surface area contributed by atoms with Crippen molar-refractivity contribution in [3.05, 3.63) is 18.2 Å². The third kappa shape index (κ3) is 5.57. The number of amides is 1. The second kappa shape index (κ2) is 7.90. The first kappa shape index (κ1) is 21.7. The van der Waals surface area contributed by atoms with Crippen LogP contribution in [0, 0.1) is 5.41 Å². The molecule has 0 spiro atoms. The van der Waals surface area contributed by atoms with E-state index in [0.717, 1.165) is 12.8 Å². The summed E-state index contributed by atoms with van der Waals surface area (Å²) in [5.74, 6) is -0.146. The van der Waals surface area contributed by atoms with E-state index in [2.05, 4.69) is 10.0 Å². The number of sulfonamides is 1. The molecule has 0 heterocycles. The predicted molar refractivity (Wildman–Crippen MR) is 99.6 cm³/mol. The highest BCUT2D eigenvalue weighted by atomic mass is 35.5. The Bertz CT molecular complexity index is 727. The van der Waals surface area contributed by atoms with Crippen molar-refractivity contribution < 1.29 is 17.9 Å². The first-order valence-electron chi connectivity index (χ1n) is 7.81. The zero-order chi connectivity index (χ0) is 18.1. The van der Waals surface area contributed by atoms with Gasteiger partial charge in [-0.2, -0.15) is 0 Å². The highest BCUT2D eigenvalue weighted by Gasteiger charge is 2.31. The number of ether oxygens (including phenoxy) is 1. The fourth-order valence-corrected chi connectivity index (χ4v) is 3.56. The van der Waals surface area contributed by atoms with Crippen LogP contribution in [0.4, 0.5) is 5.69 Å². The molecule has 1 aromatic rings. The number of anilines is 1. The lowest BCUT2D eigenvalue weighted by molar-refractivity contribution is -0.119. The van der Waals surface area contributed by atoms with Gasteiger partial charge in [-0.3, -0.25) is 4.79 Å². The van der Waals surface area contributed by atoms with Gasteiger partial charge in [0.15, 0.2) is 0 Å². The minimum Gasteiger partial charge on any atom is -0.495 e. The first-order chi connectivity index (χ1) is 11.0. The molecular weight excluding hydrogens is 366 g/mol. The first-order valence-corrected chi connectivity index (χ1v) is 9.30. The van der Waals surface area contributed by atoms with Gasteiger partial charge in [-0.05, 0) is 36.5 Å². The van der Waals surface area contributed by atoms with Crippen LogP contribution < -0.4 is 20.5 Å². The number of carbonyl (C=O) groups is 1. The van der Waals surface area contributed by atoms with E-state index in [-0.39, 0.29) is 35.0 Å². The van der Waals surface area contributed by atoms with Crippen molar-refractivity contribution in [2.45, 2.75) is 50.6 Å². The third-order valence-corrected chi connectivity index (χ3v) is 5.38. The Balaban J connectivity index is 0.00000312. The Kier molecular flexibility index (Phi) is 6.86. The third-order valence-electron chi connectivity index (χ3n) is 3.84. The Morgan fingerprint density at radius 1 is 1.32 bits per heavy atom. The number of nitrogens with one attached hydrogen (secondary N) is 2. The average Bonchev–Trinajstić information content (AvgIpc) is 3.28. The van der Waals surface area contributed by atoms with E-state index in [0.29, 0.717) is 5.69 Å². The highest BCUT2D eigenvalue weighted by molar-refractivity contribution is 7.89. The molecular formula is C16H26ClN3O4S. The molecule has 1 atom stereocenters. The van der Waals surface area contributed by atoms with Crippen molar-refractivity contribution in [3.8, 4) is 5.75 Å². The monoisotopic (exact) mass is 391 g/mol. The fraction of sp³-hybridized carbons (Fsp3) is 0.562. The van der Waals surface area contributed by atoms with Gasteiger partial charge in [0.25, 0.3) is 0 Å². The number of methoxy groups -OCH3 is 1. The van der Waals surface area contributed by atoms with E-state index < -0.39 is 21.5 Å². The molecule has 0 aliphatic heterocycles. The van der Waals surface area contributed by atoms with Gasteiger partial charge in [-0.25, -0.2) is 13.1 Å². The summed E-state index contributed by atoms with van der Waals surface area (Å²) in [5.41, 5.74) is 5.88. The Morgan fingerprint density at radius 3 is 2.40 bits per heavy atom. The summed E-state index contributed by atoms with van der Waals surface area (Å²) in [6.07, 6.45) is 1.66. The number of nitrogens with two attached hydrogens (primary N) is 1. The molecule has 1 aromatic carbocycles. The fourth-order valence-electron chi connectivity index (χ4n) is 2.06. The van der Waals surface area contributed by atoms with E-state index in [4.69, 9.17) is 10.5 Å². The van der Waals surface area contributed by atoms with Crippen LogP contribution in [0.5, 0.6) is 5.75 Å². The Hall–Kier alpha value is -1.35. The van der Waals surface area contributed by atoms with E-state index in [9.17, 15) is 13.2 Å². The predicted octanol–water partition coefficient (Wildman–Crippen LogP) is 1.87. The van der Waals surface area contributed by atoms with Crippen LogP contribution in [0.25, 0.3) is 0 Å². The van der Waals surface area contributed by atoms with Crippen molar-refractivity contribution >= 4 is 34.0 Å². The maximum atomic E-state index is 12.5. The molecule has 142 valence electrons. The summed E-state index contributed by atoms with van der Waals surface area (Å²) in [4.78, 5) is 12.2. The SMILES string of the molecule is COc1ccc(NC(=O)[C@@H](N)C(C)(C)C)cc1S(=O)(=O)NC1CC1.Cl. The van der Waals surface area contributed by atoms with E-state index >= 15 is 0 Å². The lowest BCUT2D eigenvalue weighted by Crippen LogP contribution is -2.45. The molecule has 1 aliphatic rings. The number of hydrogen-bond donors (Lipinski definition) is 3. The summed E-state index contributed by atoms with van der Waals surface area (Å²) in [6.45, 7) is 5.59. The maximum absolute atomic E-state index is 12.5. The minimum atomic E-state index is -3.70. The van der Waals surface area contributed by atoms with Crippen LogP contribution in [0.1, 0.15) is 33.6 Å². The van der Waals surface area contributed by atoms with Gasteiger partial charge in [-0.15, -0.1) is 12.4 Å². The topological polar surface area (TPSA) is 111 Å². The molecule has 4 N–H and O–H groups in total. The summed E-state index contributed by atoms with van der Waals surface area (Å²) < 4.78 is 32.7. The maximum Gasteiger partial charge on any atom is 0.244 e. The lowest BCUT2D eigenvalue weighted by atomic mass is 9.87. The molecule has 9 heteroatoms. The molecule has 1 saturated carbocycles. The van der Waals surface area contributed by atoms with E-state index in [1.807, 2.05) is 20.8 Å². The van der Waals surface area contributed by atoms with Crippen molar-refractivity contribution in [1.82, 2.24) is 4.72 Å². The van der Waals surface area contributed by atoms with Crippen LogP contribution in [-0.2, 0) is 14.8 Å². The largest absolute Gasteiger partial charge is 0.495 e. The summed E-state index contributed by atoms with van der Waals surface area (Å²) in [5, 5.41) is 2.67. The molecule has 1 amide bonds. The molecule has 2 rings (SSSR count). The van der Waals surface area contributed by atoms with Gasteiger partial charge in [0.2, 0.25) is 15.9 Å². The van der Waals surface area contributed by atoms with Crippen LogP contribution in [0.2, 0.25) is 0 Å². The van der Waals surface area contributed by atoms with Crippen molar-refractivity contribution in [1.29, 1.82) is 0 Å². The lowest BCUT2D eigenvalue weighted by Gasteiger charge is -2.26. The van der Waals surface area contributed by atoms with E-state index in [1.165, 1.54) is 19.2 Å². The van der Waals surface area contributed by atoms with Gasteiger partial charge < -0.3 is 15.8 Å². The van der Waals surface area contributed by atoms with E-state index in [1.54, 1.807) is 6.07 Å². The Morgan fingerprint density at radius 2 is 1.92 bits per heavy atom. The summed E-state index contributed by atoms with van der Waals surface area (Å²) in [6, 6.07) is 3.75. The standard InChI is InChI=1S/C16H25N3O4S.ClH/c1-16(2,3)14(17)15(20)18-11-7-8-12(23-4)13(9-11)24(21,22)19-10-5-6-10;/h7-10,14,19H,5-6,17H2,1-4H3,(H,18,20);1H/t14-;/m1./s1. The summed E-state index contributed by atoms with van der Waals surface area (Å²) >= 11 is 0. The molecule has 0 saturated heterocycles. The molecule has 0 aromatic heterocycles. The highest BCUT2D eigenvalue weighted by Crippen LogP contribution is 2.30. The van der Waals surface area contributed by atoms with Crippen LogP contribution in [0.15, 0.2) is 23.1 Å². The number of benzene rings is 1. The van der Waals surface area contributed by atoms with Crippen LogP contribution in [-0.4, -0.2) is 33.5 Å². The van der Waals surface area contributed by atoms with Gasteiger partial charge >= 0.3 is 0 Å². The molecule has 1 fully saturated rings. The molecule has 0 unspecified atom stereocenters. The quantitative estimate of drug-likeness (QED) is 0.685. The zero-order valence-corrected chi connectivity index (χ0v) is 16.5. The molecule has 1 aliphatic carbocycles. The second-order valence-electron chi connectivity index (χ2n) is 7.09. The van der Waals surface area contributed by atoms with Crippen LogP contribution in [0.3, 0.4) is 0 Å². The number of halogens is 1. The van der Waals surface area contributed by atoms with Gasteiger partial charge in [0, 0.05) is 11.7 Å². The Labute approximate surface area is 155 Å². The van der Waals surface area contributed by atoms with Gasteiger partial charge in [0.05, 0.1) is 13.2 Å². The normalized spacial score (nSPS) is 15.9. The zero-order valence-electron chi connectivity index (χ0n) is 14.8. The second-order valence-corrected chi connectivity index (χ2v) is 8.78. The van der Waals surface area contributed by atoms with Crippen LogP contribution >= 0.6 is 12.4 Å². The number of hydrogen-bond acceptors (Lipinski definition) is 5. The average molecular weight is 392 g/mol. The molecule has 0 radical (unpaired) electrons. The number of carbonyl (C=O) groups excluding carboxylic acids is 1. The number of rotatable bonds is 6. The molecule has 7 nitrogen and oxygen atoms in total. The minimum absolute atomic E-state index is 0. The molecule has 25 heavy (non-hydrogen) atoms. The van der Waals surface area contributed by atoms with Crippen molar-refractivity contribution in [2.24, 2.45) is 11.1 Å².